The van der Waals surface area contributed by atoms with E-state index in [1.165, 1.54) is 11.6 Å². The van der Waals surface area contributed by atoms with Gasteiger partial charge >= 0.3 is 0 Å². The summed E-state index contributed by atoms with van der Waals surface area (Å²) in [6.45, 7) is 0. The van der Waals surface area contributed by atoms with Gasteiger partial charge in [-0.25, -0.2) is 9.37 Å². The quantitative estimate of drug-likeness (QED) is 0.435. The van der Waals surface area contributed by atoms with Gasteiger partial charge in [0.05, 0.1) is 5.56 Å². The van der Waals surface area contributed by atoms with E-state index in [-0.39, 0.29) is 23.4 Å². The molecule has 150 valence electrons. The van der Waals surface area contributed by atoms with Crippen LogP contribution in [-0.2, 0) is 16.0 Å². The van der Waals surface area contributed by atoms with E-state index in [9.17, 15) is 9.90 Å². The van der Waals surface area contributed by atoms with Crippen LogP contribution in [0.4, 0.5) is 4.39 Å². The molecule has 0 saturated heterocycles. The Morgan fingerprint density at radius 1 is 1.10 bits per heavy atom. The second-order valence-electron chi connectivity index (χ2n) is 7.60. The SMILES string of the molecule is O=C([O-])CCc1ccc(-c2nc3cccnc3[s+]2C2(c3ccccc3)CC2)c(F)c1. The molecule has 1 aliphatic carbocycles. The Bertz CT molecular complexity index is 1250. The van der Waals surface area contributed by atoms with E-state index in [1.807, 2.05) is 30.3 Å². The summed E-state index contributed by atoms with van der Waals surface area (Å²) in [4.78, 5) is 21.1. The average Bonchev–Trinajstić information content (AvgIpc) is 3.47. The van der Waals surface area contributed by atoms with Crippen LogP contribution in [0, 0.1) is 5.82 Å². The highest BCUT2D eigenvalue weighted by Gasteiger charge is 2.58. The number of aryl methyl sites for hydroxylation is 1. The van der Waals surface area contributed by atoms with Gasteiger partial charge in [-0.15, -0.1) is 0 Å². The van der Waals surface area contributed by atoms with Crippen molar-refractivity contribution in [2.24, 2.45) is 0 Å². The van der Waals surface area contributed by atoms with E-state index in [0.29, 0.717) is 11.1 Å². The van der Waals surface area contributed by atoms with E-state index in [1.54, 1.807) is 18.3 Å². The minimum absolute atomic E-state index is 0.0974. The van der Waals surface area contributed by atoms with Gasteiger partial charge in [-0.1, -0.05) is 36.4 Å². The predicted octanol–water partition coefficient (Wildman–Crippen LogP) is 4.40. The smallest absolute Gasteiger partial charge is 0.295 e. The van der Waals surface area contributed by atoms with Crippen molar-refractivity contribution in [1.82, 2.24) is 9.97 Å². The minimum atomic E-state index is -1.14. The molecule has 30 heavy (non-hydrogen) atoms. The van der Waals surface area contributed by atoms with Gasteiger partial charge in [0.25, 0.3) is 9.84 Å². The standard InChI is InChI=1S/C24H19FN2O2S/c25-19-15-16(9-11-21(28)29)8-10-18(19)22-27-20-7-4-14-26-23(20)30(22)24(12-13-24)17-5-2-1-3-6-17/h1-8,10,14-15H,9,11-13H2. The number of rotatable bonds is 6. The third-order valence-corrected chi connectivity index (χ3v) is 8.46. The molecule has 1 aliphatic rings. The van der Waals surface area contributed by atoms with Crippen LogP contribution in [0.2, 0.25) is 0 Å². The molecule has 6 heteroatoms. The van der Waals surface area contributed by atoms with Crippen molar-refractivity contribution in [3.63, 3.8) is 0 Å². The Hall–Kier alpha value is -3.12. The normalized spacial score (nSPS) is 15.3. The molecule has 2 aromatic carbocycles. The number of nitrogens with zero attached hydrogens (tertiary/aromatic N) is 2. The lowest BCUT2D eigenvalue weighted by atomic mass is 10.1. The van der Waals surface area contributed by atoms with Crippen molar-refractivity contribution in [2.75, 3.05) is 0 Å². The molecule has 4 aromatic rings. The van der Waals surface area contributed by atoms with E-state index in [0.717, 1.165) is 28.2 Å². The highest BCUT2D eigenvalue weighted by Crippen LogP contribution is 2.65. The van der Waals surface area contributed by atoms with Gasteiger partial charge in [-0.3, -0.25) is 0 Å². The molecule has 0 aliphatic heterocycles. The van der Waals surface area contributed by atoms with E-state index >= 15 is 4.39 Å². The molecule has 2 heterocycles. The molecule has 0 N–H and O–H groups in total. The van der Waals surface area contributed by atoms with Crippen LogP contribution in [0.25, 0.3) is 20.9 Å². The Morgan fingerprint density at radius 3 is 2.60 bits per heavy atom. The number of carbonyl (C=O) groups is 1. The molecule has 0 radical (unpaired) electrons. The number of carbonyl (C=O) groups excluding carboxylic acids is 1. The number of benzene rings is 2. The second-order valence-corrected chi connectivity index (χ2v) is 9.76. The van der Waals surface area contributed by atoms with Crippen molar-refractivity contribution < 1.29 is 14.3 Å². The van der Waals surface area contributed by atoms with Crippen LogP contribution in [0.5, 0.6) is 0 Å². The van der Waals surface area contributed by atoms with Gasteiger partial charge in [-0.05, 0) is 42.7 Å². The number of thiazole rings is 1. The summed E-state index contributed by atoms with van der Waals surface area (Å²) in [6.07, 6.45) is 3.92. The molecule has 5 rings (SSSR count). The molecular formula is C24H19FN2O2S. The topological polar surface area (TPSA) is 65.9 Å². The number of fused-ring (bicyclic) bond motifs is 1. The first-order valence-electron chi connectivity index (χ1n) is 9.91. The lowest BCUT2D eigenvalue weighted by molar-refractivity contribution is -0.305. The number of aliphatic carboxylic acids is 1. The fourth-order valence-electron chi connectivity index (χ4n) is 4.01. The molecule has 2 aromatic heterocycles. The Kier molecular flexibility index (Phi) is 4.59. The summed E-state index contributed by atoms with van der Waals surface area (Å²) in [5.74, 6) is -1.51. The molecule has 1 fully saturated rings. The third-order valence-electron chi connectivity index (χ3n) is 5.64. The van der Waals surface area contributed by atoms with Crippen molar-refractivity contribution >= 4 is 26.8 Å². The number of hydrogen-bond acceptors (Lipinski definition) is 4. The Labute approximate surface area is 176 Å². The van der Waals surface area contributed by atoms with Gasteiger partial charge in [0.1, 0.15) is 11.3 Å². The minimum Gasteiger partial charge on any atom is -0.550 e. The zero-order valence-electron chi connectivity index (χ0n) is 16.2. The summed E-state index contributed by atoms with van der Waals surface area (Å²) >= 11 is 0. The molecule has 1 atom stereocenters. The maximum absolute atomic E-state index is 15.2. The number of hydrogen-bond donors (Lipinski definition) is 0. The second kappa shape index (κ2) is 7.29. The summed E-state index contributed by atoms with van der Waals surface area (Å²) in [6, 6.07) is 19.1. The molecule has 1 saturated carbocycles. The van der Waals surface area contributed by atoms with Crippen molar-refractivity contribution in [3.05, 3.63) is 83.8 Å². The zero-order valence-corrected chi connectivity index (χ0v) is 17.0. The first-order valence-corrected chi connectivity index (χ1v) is 11.1. The van der Waals surface area contributed by atoms with Gasteiger partial charge in [0, 0.05) is 41.0 Å². The molecule has 1 unspecified atom stereocenters. The predicted molar refractivity (Wildman–Crippen MR) is 113 cm³/mol. The van der Waals surface area contributed by atoms with E-state index in [4.69, 9.17) is 4.98 Å². The van der Waals surface area contributed by atoms with Crippen LogP contribution in [0.3, 0.4) is 0 Å². The first kappa shape index (κ1) is 18.9. The molecule has 4 nitrogen and oxygen atoms in total. The first-order chi connectivity index (χ1) is 14.6. The molecule has 0 amide bonds. The summed E-state index contributed by atoms with van der Waals surface area (Å²) < 4.78 is 15.1. The fourth-order valence-corrected chi connectivity index (χ4v) is 6.88. The average molecular weight is 418 g/mol. The summed E-state index contributed by atoms with van der Waals surface area (Å²) in [7, 11) is -0.474. The van der Waals surface area contributed by atoms with Gasteiger partial charge in [0.15, 0.2) is 4.75 Å². The lowest BCUT2D eigenvalue weighted by Gasteiger charge is -2.10. The molecule has 0 bridgehead atoms. The van der Waals surface area contributed by atoms with Gasteiger partial charge < -0.3 is 9.90 Å². The van der Waals surface area contributed by atoms with Crippen LogP contribution in [-0.4, -0.2) is 15.9 Å². The number of halogens is 1. The van der Waals surface area contributed by atoms with Gasteiger partial charge in [-0.2, -0.15) is 4.98 Å². The van der Waals surface area contributed by atoms with Crippen LogP contribution in [0.15, 0.2) is 66.9 Å². The van der Waals surface area contributed by atoms with Crippen molar-refractivity contribution in [2.45, 2.75) is 30.4 Å². The van der Waals surface area contributed by atoms with E-state index < -0.39 is 16.4 Å². The van der Waals surface area contributed by atoms with Crippen LogP contribution < -0.4 is 5.11 Å². The number of pyridine rings is 1. The maximum Gasteiger partial charge on any atom is 0.295 e. The largest absolute Gasteiger partial charge is 0.550 e. The lowest BCUT2D eigenvalue weighted by Crippen LogP contribution is -2.22. The number of aromatic nitrogens is 2. The Balaban J connectivity index is 1.66. The summed E-state index contributed by atoms with van der Waals surface area (Å²) in [5, 5.41) is 11.5. The number of carboxylic acids is 1. The highest BCUT2D eigenvalue weighted by molar-refractivity contribution is 7.41. The number of carboxylic acid groups (broad SMARTS) is 1. The van der Waals surface area contributed by atoms with Crippen LogP contribution >= 0.6 is 10.5 Å². The van der Waals surface area contributed by atoms with Gasteiger partial charge in [0.2, 0.25) is 0 Å². The highest BCUT2D eigenvalue weighted by atomic mass is 32.2. The fraction of sp³-hybridized carbons (Fsp3) is 0.208. The Morgan fingerprint density at radius 2 is 1.90 bits per heavy atom. The monoisotopic (exact) mass is 418 g/mol. The van der Waals surface area contributed by atoms with Crippen LogP contribution in [0.1, 0.15) is 30.4 Å². The van der Waals surface area contributed by atoms with Crippen molar-refractivity contribution in [1.29, 1.82) is 0 Å². The third kappa shape index (κ3) is 3.17. The molecular weight excluding hydrogens is 399 g/mol. The zero-order chi connectivity index (χ0) is 20.7. The molecule has 0 spiro atoms. The maximum atomic E-state index is 15.2. The van der Waals surface area contributed by atoms with E-state index in [2.05, 4.69) is 17.1 Å². The summed E-state index contributed by atoms with van der Waals surface area (Å²) in [5.41, 5.74) is 3.15. The van der Waals surface area contributed by atoms with Crippen molar-refractivity contribution in [3.8, 4) is 10.6 Å².